The van der Waals surface area contributed by atoms with Crippen LogP contribution < -0.4 is 5.73 Å². The van der Waals surface area contributed by atoms with Crippen molar-refractivity contribution in [2.24, 2.45) is 7.05 Å². The van der Waals surface area contributed by atoms with E-state index in [2.05, 4.69) is 10.1 Å². The molecule has 2 N–H and O–H groups in total. The molecule has 19 heavy (non-hydrogen) atoms. The summed E-state index contributed by atoms with van der Waals surface area (Å²) in [4.78, 5) is 17.0. The first-order chi connectivity index (χ1) is 9.18. The van der Waals surface area contributed by atoms with E-state index in [1.807, 2.05) is 12.1 Å². The fourth-order valence-electron chi connectivity index (χ4n) is 2.69. The molecule has 0 saturated carbocycles. The average Bonchev–Trinajstić information content (AvgIpc) is 2.78. The molecule has 1 unspecified atom stereocenters. The normalized spacial score (nSPS) is 18.1. The molecule has 1 atom stereocenters. The van der Waals surface area contributed by atoms with Gasteiger partial charge < -0.3 is 5.73 Å². The van der Waals surface area contributed by atoms with Crippen molar-refractivity contribution >= 4 is 11.6 Å². The lowest BCUT2D eigenvalue weighted by atomic mass is 9.82. The van der Waals surface area contributed by atoms with Crippen molar-refractivity contribution in [3.05, 3.63) is 41.3 Å². The number of aryl methyl sites for hydroxylation is 2. The standard InChI is InChI=1S/C14H16N4O/c1-18-14(15)11(8-17-18)13(19)10-6-2-4-9-5-3-7-16-12(9)10/h3,5,7-8,10H,2,4,6,15H2,1H3. The van der Waals surface area contributed by atoms with Crippen LogP contribution in [0.3, 0.4) is 0 Å². The van der Waals surface area contributed by atoms with Crippen molar-refractivity contribution in [3.8, 4) is 0 Å². The number of carbonyl (C=O) groups excluding carboxylic acids is 1. The summed E-state index contributed by atoms with van der Waals surface area (Å²) in [6.07, 6.45) is 6.13. The summed E-state index contributed by atoms with van der Waals surface area (Å²) < 4.78 is 1.52. The van der Waals surface area contributed by atoms with Crippen molar-refractivity contribution in [3.63, 3.8) is 0 Å². The second-order valence-corrected chi connectivity index (χ2v) is 4.92. The number of ketones is 1. The Bertz CT molecular complexity index is 632. The zero-order valence-electron chi connectivity index (χ0n) is 10.8. The van der Waals surface area contributed by atoms with E-state index in [4.69, 9.17) is 5.73 Å². The summed E-state index contributed by atoms with van der Waals surface area (Å²) in [5, 5.41) is 4.04. The molecule has 0 amide bonds. The lowest BCUT2D eigenvalue weighted by Crippen LogP contribution is -2.20. The maximum absolute atomic E-state index is 12.6. The van der Waals surface area contributed by atoms with Crippen LogP contribution in [0.4, 0.5) is 5.82 Å². The highest BCUT2D eigenvalue weighted by Crippen LogP contribution is 2.33. The second kappa shape index (κ2) is 4.50. The fourth-order valence-corrected chi connectivity index (χ4v) is 2.69. The predicted octanol–water partition coefficient (Wildman–Crippen LogP) is 1.70. The molecule has 98 valence electrons. The molecule has 0 aliphatic heterocycles. The molecule has 0 fully saturated rings. The molecule has 2 aromatic rings. The number of fused-ring (bicyclic) bond motifs is 1. The number of anilines is 1. The first-order valence-corrected chi connectivity index (χ1v) is 6.44. The number of hydrogen-bond donors (Lipinski definition) is 1. The molecular weight excluding hydrogens is 240 g/mol. The van der Waals surface area contributed by atoms with E-state index in [1.54, 1.807) is 19.4 Å². The van der Waals surface area contributed by atoms with E-state index in [-0.39, 0.29) is 11.7 Å². The summed E-state index contributed by atoms with van der Waals surface area (Å²) in [6, 6.07) is 3.97. The van der Waals surface area contributed by atoms with Gasteiger partial charge in [0.1, 0.15) is 5.82 Å². The summed E-state index contributed by atoms with van der Waals surface area (Å²) in [5.74, 6) is 0.273. The lowest BCUT2D eigenvalue weighted by molar-refractivity contribution is 0.0950. The Morgan fingerprint density at radius 2 is 2.37 bits per heavy atom. The van der Waals surface area contributed by atoms with Crippen LogP contribution in [0.5, 0.6) is 0 Å². The molecule has 0 spiro atoms. The van der Waals surface area contributed by atoms with Crippen molar-refractivity contribution in [2.45, 2.75) is 25.2 Å². The Morgan fingerprint density at radius 3 is 3.11 bits per heavy atom. The van der Waals surface area contributed by atoms with Crippen LogP contribution >= 0.6 is 0 Å². The minimum absolute atomic E-state index is 0.0326. The molecule has 2 heterocycles. The van der Waals surface area contributed by atoms with Crippen LogP contribution in [0.1, 0.15) is 40.4 Å². The van der Waals surface area contributed by atoms with E-state index in [1.165, 1.54) is 10.2 Å². The third kappa shape index (κ3) is 1.91. The summed E-state index contributed by atoms with van der Waals surface area (Å²) in [7, 11) is 1.74. The van der Waals surface area contributed by atoms with Gasteiger partial charge in [0.15, 0.2) is 5.78 Å². The Labute approximate surface area is 111 Å². The summed E-state index contributed by atoms with van der Waals surface area (Å²) in [6.45, 7) is 0. The summed E-state index contributed by atoms with van der Waals surface area (Å²) in [5.41, 5.74) is 8.48. The van der Waals surface area contributed by atoms with Crippen molar-refractivity contribution < 1.29 is 4.79 Å². The molecule has 1 aliphatic carbocycles. The Balaban J connectivity index is 2.00. The zero-order valence-corrected chi connectivity index (χ0v) is 10.8. The van der Waals surface area contributed by atoms with Crippen molar-refractivity contribution in [2.75, 3.05) is 5.73 Å². The predicted molar refractivity (Wildman–Crippen MR) is 71.9 cm³/mol. The Morgan fingerprint density at radius 1 is 1.53 bits per heavy atom. The molecule has 0 aromatic carbocycles. The second-order valence-electron chi connectivity index (χ2n) is 4.92. The third-order valence-electron chi connectivity index (χ3n) is 3.76. The SMILES string of the molecule is Cn1ncc(C(=O)C2CCCc3cccnc32)c1N. The molecule has 2 aromatic heterocycles. The van der Waals surface area contributed by atoms with Crippen LogP contribution in [0.2, 0.25) is 0 Å². The van der Waals surface area contributed by atoms with Gasteiger partial charge in [-0.05, 0) is 30.9 Å². The number of nitrogen functional groups attached to an aromatic ring is 1. The number of nitrogens with two attached hydrogens (primary N) is 1. The van der Waals surface area contributed by atoms with Gasteiger partial charge in [-0.2, -0.15) is 5.10 Å². The van der Waals surface area contributed by atoms with E-state index < -0.39 is 0 Å². The van der Waals surface area contributed by atoms with E-state index in [0.29, 0.717) is 11.4 Å². The molecule has 5 heteroatoms. The number of nitrogens with zero attached hydrogens (tertiary/aromatic N) is 3. The molecule has 1 aliphatic rings. The highest BCUT2D eigenvalue weighted by Gasteiger charge is 2.30. The maximum Gasteiger partial charge on any atom is 0.177 e. The van der Waals surface area contributed by atoms with Gasteiger partial charge in [-0.1, -0.05) is 6.07 Å². The van der Waals surface area contributed by atoms with E-state index in [9.17, 15) is 4.79 Å². The van der Waals surface area contributed by atoms with Crippen LogP contribution in [0.15, 0.2) is 24.5 Å². The summed E-state index contributed by atoms with van der Waals surface area (Å²) >= 11 is 0. The van der Waals surface area contributed by atoms with Crippen LogP contribution in [-0.4, -0.2) is 20.5 Å². The van der Waals surface area contributed by atoms with Crippen LogP contribution in [0, 0.1) is 0 Å². The molecule has 5 nitrogen and oxygen atoms in total. The molecule has 0 radical (unpaired) electrons. The monoisotopic (exact) mass is 256 g/mol. The number of rotatable bonds is 2. The van der Waals surface area contributed by atoms with Crippen LogP contribution in [0.25, 0.3) is 0 Å². The van der Waals surface area contributed by atoms with Gasteiger partial charge in [0.05, 0.1) is 23.4 Å². The van der Waals surface area contributed by atoms with Gasteiger partial charge in [-0.15, -0.1) is 0 Å². The number of carbonyl (C=O) groups is 1. The largest absolute Gasteiger partial charge is 0.383 e. The van der Waals surface area contributed by atoms with E-state index in [0.717, 1.165) is 25.0 Å². The first kappa shape index (κ1) is 11.9. The minimum Gasteiger partial charge on any atom is -0.383 e. The smallest absolute Gasteiger partial charge is 0.177 e. The molecule has 3 rings (SSSR count). The molecule has 0 saturated heterocycles. The maximum atomic E-state index is 12.6. The topological polar surface area (TPSA) is 73.8 Å². The first-order valence-electron chi connectivity index (χ1n) is 6.44. The number of Topliss-reactive ketones (excluding diaryl/α,β-unsaturated/α-hetero) is 1. The third-order valence-corrected chi connectivity index (χ3v) is 3.76. The van der Waals surface area contributed by atoms with Crippen molar-refractivity contribution in [1.29, 1.82) is 0 Å². The zero-order chi connectivity index (χ0) is 13.4. The molecule has 0 bridgehead atoms. The van der Waals surface area contributed by atoms with Gasteiger partial charge in [-0.3, -0.25) is 14.5 Å². The average molecular weight is 256 g/mol. The van der Waals surface area contributed by atoms with Gasteiger partial charge in [0, 0.05) is 13.2 Å². The molecular formula is C14H16N4O. The highest BCUT2D eigenvalue weighted by atomic mass is 16.1. The Hall–Kier alpha value is -2.17. The highest BCUT2D eigenvalue weighted by molar-refractivity contribution is 6.04. The van der Waals surface area contributed by atoms with Crippen molar-refractivity contribution in [1.82, 2.24) is 14.8 Å². The minimum atomic E-state index is -0.184. The number of pyridine rings is 1. The van der Waals surface area contributed by atoms with Gasteiger partial charge in [-0.25, -0.2) is 0 Å². The number of hydrogen-bond acceptors (Lipinski definition) is 4. The fraction of sp³-hybridized carbons (Fsp3) is 0.357. The van der Waals surface area contributed by atoms with Crippen LogP contribution in [-0.2, 0) is 13.5 Å². The quantitative estimate of drug-likeness (QED) is 0.830. The van der Waals surface area contributed by atoms with Gasteiger partial charge >= 0.3 is 0 Å². The van der Waals surface area contributed by atoms with E-state index >= 15 is 0 Å². The number of aromatic nitrogens is 3. The Kier molecular flexibility index (Phi) is 2.81. The van der Waals surface area contributed by atoms with Gasteiger partial charge in [0.25, 0.3) is 0 Å². The van der Waals surface area contributed by atoms with Gasteiger partial charge in [0.2, 0.25) is 0 Å². The lowest BCUT2D eigenvalue weighted by Gasteiger charge is -2.22.